The van der Waals surface area contributed by atoms with Crippen LogP contribution in [0.25, 0.3) is 0 Å². The molecule has 158 valence electrons. The second-order valence-corrected chi connectivity index (χ2v) is 8.92. The van der Waals surface area contributed by atoms with Gasteiger partial charge in [-0.15, -0.1) is 0 Å². The van der Waals surface area contributed by atoms with Crippen LogP contribution in [0.5, 0.6) is 0 Å². The zero-order valence-corrected chi connectivity index (χ0v) is 18.2. The van der Waals surface area contributed by atoms with E-state index in [1.54, 1.807) is 0 Å². The average Bonchev–Trinajstić information content (AvgIpc) is 3.11. The third-order valence-corrected chi connectivity index (χ3v) is 6.50. The van der Waals surface area contributed by atoms with Gasteiger partial charge in [0.1, 0.15) is 5.84 Å². The SMILES string of the molecule is CC(C)c1c2c(nn1C)CCC1C=NC(Cc3ccc(N4CCNCC4)cn3)=NC21. The molecule has 0 aromatic carbocycles. The molecule has 2 aromatic rings. The number of nitrogens with one attached hydrogen (secondary N) is 1. The van der Waals surface area contributed by atoms with Crippen molar-refractivity contribution in [1.82, 2.24) is 20.1 Å². The highest BCUT2D eigenvalue weighted by Crippen LogP contribution is 2.41. The molecule has 3 aliphatic rings. The third kappa shape index (κ3) is 3.55. The Labute approximate surface area is 178 Å². The maximum Gasteiger partial charge on any atom is 0.129 e. The zero-order valence-electron chi connectivity index (χ0n) is 18.2. The molecule has 0 amide bonds. The highest BCUT2D eigenvalue weighted by molar-refractivity contribution is 5.93. The van der Waals surface area contributed by atoms with Gasteiger partial charge in [0.15, 0.2) is 0 Å². The van der Waals surface area contributed by atoms with Crippen molar-refractivity contribution in [1.29, 1.82) is 0 Å². The van der Waals surface area contributed by atoms with Crippen LogP contribution in [0.4, 0.5) is 5.69 Å². The summed E-state index contributed by atoms with van der Waals surface area (Å²) in [6.45, 7) is 8.62. The van der Waals surface area contributed by atoms with Crippen LogP contribution in [-0.2, 0) is 19.9 Å². The van der Waals surface area contributed by atoms with Gasteiger partial charge in [-0.2, -0.15) is 5.10 Å². The number of pyridine rings is 1. The summed E-state index contributed by atoms with van der Waals surface area (Å²) in [5.41, 5.74) is 6.10. The predicted octanol–water partition coefficient (Wildman–Crippen LogP) is 2.68. The van der Waals surface area contributed by atoms with Crippen molar-refractivity contribution >= 4 is 17.7 Å². The molecule has 7 heteroatoms. The first-order valence-corrected chi connectivity index (χ1v) is 11.2. The quantitative estimate of drug-likeness (QED) is 0.849. The van der Waals surface area contributed by atoms with E-state index < -0.39 is 0 Å². The van der Waals surface area contributed by atoms with E-state index in [0.717, 1.165) is 50.6 Å². The zero-order chi connectivity index (χ0) is 20.7. The van der Waals surface area contributed by atoms with Crippen LogP contribution in [0.3, 0.4) is 0 Å². The molecular formula is C23H31N7. The number of hydrogen-bond donors (Lipinski definition) is 1. The van der Waals surface area contributed by atoms with Crippen LogP contribution in [0.15, 0.2) is 28.3 Å². The number of anilines is 1. The third-order valence-electron chi connectivity index (χ3n) is 6.50. The van der Waals surface area contributed by atoms with E-state index in [2.05, 4.69) is 54.1 Å². The highest BCUT2D eigenvalue weighted by atomic mass is 15.3. The molecule has 2 atom stereocenters. The van der Waals surface area contributed by atoms with E-state index in [9.17, 15) is 0 Å². The Bertz CT molecular complexity index is 964. The molecule has 2 unspecified atom stereocenters. The second kappa shape index (κ2) is 7.95. The van der Waals surface area contributed by atoms with Gasteiger partial charge < -0.3 is 10.2 Å². The Morgan fingerprint density at radius 3 is 2.77 bits per heavy atom. The number of nitrogens with zero attached hydrogens (tertiary/aromatic N) is 6. The number of rotatable bonds is 4. The van der Waals surface area contributed by atoms with E-state index in [-0.39, 0.29) is 6.04 Å². The monoisotopic (exact) mass is 405 g/mol. The van der Waals surface area contributed by atoms with Crippen LogP contribution in [-0.4, -0.2) is 53.0 Å². The average molecular weight is 406 g/mol. The van der Waals surface area contributed by atoms with Crippen molar-refractivity contribution in [2.75, 3.05) is 31.1 Å². The van der Waals surface area contributed by atoms with Crippen molar-refractivity contribution in [2.24, 2.45) is 23.0 Å². The molecule has 1 N–H and O–H groups in total. The molecule has 1 saturated heterocycles. The molecule has 0 saturated carbocycles. The molecule has 4 heterocycles. The van der Waals surface area contributed by atoms with Crippen LogP contribution in [0.2, 0.25) is 0 Å². The summed E-state index contributed by atoms with van der Waals surface area (Å²) in [7, 11) is 2.06. The van der Waals surface area contributed by atoms with Gasteiger partial charge in [-0.1, -0.05) is 13.8 Å². The molecule has 0 bridgehead atoms. The molecule has 0 radical (unpaired) electrons. The van der Waals surface area contributed by atoms with Gasteiger partial charge in [0, 0.05) is 68.7 Å². The molecule has 7 nitrogen and oxygen atoms in total. The summed E-state index contributed by atoms with van der Waals surface area (Å²) in [5, 5.41) is 8.20. The molecule has 2 aliphatic heterocycles. The van der Waals surface area contributed by atoms with Crippen LogP contribution >= 0.6 is 0 Å². The first-order valence-electron chi connectivity index (χ1n) is 11.2. The molecule has 30 heavy (non-hydrogen) atoms. The maximum atomic E-state index is 5.12. The minimum atomic E-state index is 0.146. The lowest BCUT2D eigenvalue weighted by atomic mass is 9.80. The second-order valence-electron chi connectivity index (χ2n) is 8.92. The van der Waals surface area contributed by atoms with E-state index in [4.69, 9.17) is 20.1 Å². The minimum Gasteiger partial charge on any atom is -0.368 e. The van der Waals surface area contributed by atoms with Gasteiger partial charge >= 0.3 is 0 Å². The summed E-state index contributed by atoms with van der Waals surface area (Å²) in [5.74, 6) is 1.69. The largest absolute Gasteiger partial charge is 0.368 e. The summed E-state index contributed by atoms with van der Waals surface area (Å²) < 4.78 is 2.06. The van der Waals surface area contributed by atoms with Gasteiger partial charge in [-0.25, -0.2) is 4.99 Å². The Morgan fingerprint density at radius 2 is 2.03 bits per heavy atom. The lowest BCUT2D eigenvalue weighted by Gasteiger charge is -2.30. The Hall–Kier alpha value is -2.54. The molecule has 1 fully saturated rings. The number of aryl methyl sites for hydroxylation is 2. The van der Waals surface area contributed by atoms with Crippen LogP contribution in [0, 0.1) is 5.92 Å². The first-order chi connectivity index (χ1) is 14.6. The topological polar surface area (TPSA) is 70.7 Å². The standard InChI is InChI=1S/C23H31N7/c1-15(2)23-21-19(28-29(23)3)7-4-16-13-26-20(27-22(16)21)12-17-5-6-18(14-25-17)30-10-8-24-9-11-30/h5-6,13-16,22,24H,4,7-12H2,1-3H3. The van der Waals surface area contributed by atoms with Gasteiger partial charge in [0.05, 0.1) is 23.6 Å². The fourth-order valence-corrected chi connectivity index (χ4v) is 5.05. The highest BCUT2D eigenvalue weighted by Gasteiger charge is 2.36. The molecule has 5 rings (SSSR count). The Balaban J connectivity index is 1.37. The molecular weight excluding hydrogens is 374 g/mol. The lowest BCUT2D eigenvalue weighted by Crippen LogP contribution is -2.43. The van der Waals surface area contributed by atoms with Crippen molar-refractivity contribution in [3.05, 3.63) is 41.0 Å². The lowest BCUT2D eigenvalue weighted by molar-refractivity contribution is 0.478. The van der Waals surface area contributed by atoms with Crippen LogP contribution in [0.1, 0.15) is 54.9 Å². The number of aliphatic imine (C=N–C) groups is 2. The van der Waals surface area contributed by atoms with Crippen molar-refractivity contribution in [3.8, 4) is 0 Å². The number of piperazine rings is 1. The van der Waals surface area contributed by atoms with Gasteiger partial charge in [0.2, 0.25) is 0 Å². The van der Waals surface area contributed by atoms with Gasteiger partial charge in [-0.05, 0) is 30.9 Å². The normalized spacial score (nSPS) is 23.3. The van der Waals surface area contributed by atoms with Gasteiger partial charge in [-0.3, -0.25) is 14.7 Å². The van der Waals surface area contributed by atoms with Crippen molar-refractivity contribution in [2.45, 2.75) is 45.1 Å². The van der Waals surface area contributed by atoms with Gasteiger partial charge in [0.25, 0.3) is 0 Å². The summed E-state index contributed by atoms with van der Waals surface area (Å²) in [6, 6.07) is 4.45. The van der Waals surface area contributed by atoms with Crippen molar-refractivity contribution in [3.63, 3.8) is 0 Å². The fraction of sp³-hybridized carbons (Fsp3) is 0.565. The van der Waals surface area contributed by atoms with E-state index >= 15 is 0 Å². The number of amidine groups is 1. The molecule has 2 aromatic heterocycles. The summed E-state index contributed by atoms with van der Waals surface area (Å²) >= 11 is 0. The summed E-state index contributed by atoms with van der Waals surface area (Å²) in [4.78, 5) is 16.9. The van der Waals surface area contributed by atoms with Crippen molar-refractivity contribution < 1.29 is 0 Å². The number of hydrogen-bond acceptors (Lipinski definition) is 6. The van der Waals surface area contributed by atoms with E-state index in [0.29, 0.717) is 18.3 Å². The van der Waals surface area contributed by atoms with Crippen LogP contribution < -0.4 is 10.2 Å². The van der Waals surface area contributed by atoms with E-state index in [1.807, 2.05) is 6.20 Å². The predicted molar refractivity (Wildman–Crippen MR) is 121 cm³/mol. The first kappa shape index (κ1) is 19.4. The minimum absolute atomic E-state index is 0.146. The Kier molecular flexibility index (Phi) is 5.15. The number of fused-ring (bicyclic) bond motifs is 3. The fourth-order valence-electron chi connectivity index (χ4n) is 5.05. The van der Waals surface area contributed by atoms with E-state index in [1.165, 1.54) is 22.6 Å². The number of aromatic nitrogens is 3. The maximum absolute atomic E-state index is 5.12. The molecule has 0 spiro atoms. The smallest absolute Gasteiger partial charge is 0.129 e. The Morgan fingerprint density at radius 1 is 1.20 bits per heavy atom. The molecule has 1 aliphatic carbocycles. The summed E-state index contributed by atoms with van der Waals surface area (Å²) in [6.07, 6.45) is 6.89.